The topological polar surface area (TPSA) is 66.9 Å². The lowest BCUT2D eigenvalue weighted by Crippen LogP contribution is -1.92. The molecule has 0 amide bonds. The minimum Gasteiger partial charge on any atom is -0.258 e. The molecule has 0 atom stereocenters. The quantitative estimate of drug-likeness (QED) is 0.425. The molecule has 0 aliphatic carbocycles. The van der Waals surface area contributed by atoms with Gasteiger partial charge in [0.1, 0.15) is 6.07 Å². The zero-order chi connectivity index (χ0) is 10.0. The van der Waals surface area contributed by atoms with E-state index in [4.69, 9.17) is 5.26 Å². The van der Waals surface area contributed by atoms with Gasteiger partial charge in [-0.3, -0.25) is 10.1 Å². The maximum absolute atomic E-state index is 12.9. The summed E-state index contributed by atoms with van der Waals surface area (Å²) >= 11 is 3.66. The molecular weight excluding hydrogens is 195 g/mol. The third kappa shape index (κ3) is 1.76. The highest BCUT2D eigenvalue weighted by Crippen LogP contribution is 2.23. The average Bonchev–Trinajstić information content (AvgIpc) is 2.09. The van der Waals surface area contributed by atoms with Crippen LogP contribution in [0.15, 0.2) is 17.0 Å². The first-order valence-corrected chi connectivity index (χ1v) is 3.58. The first-order valence-electron chi connectivity index (χ1n) is 3.13. The van der Waals surface area contributed by atoms with Gasteiger partial charge in [0.25, 0.3) is 5.69 Å². The lowest BCUT2D eigenvalue weighted by atomic mass is 10.2. The monoisotopic (exact) mass is 198 g/mol. The molecule has 0 aromatic heterocycles. The van der Waals surface area contributed by atoms with Crippen molar-refractivity contribution >= 4 is 18.3 Å². The number of thiol groups is 1. The van der Waals surface area contributed by atoms with Crippen molar-refractivity contribution in [2.45, 2.75) is 4.90 Å². The minimum absolute atomic E-state index is 0.203. The highest BCUT2D eigenvalue weighted by atomic mass is 32.1. The molecule has 0 unspecified atom stereocenters. The number of nitro benzene ring substituents is 1. The van der Waals surface area contributed by atoms with Crippen LogP contribution < -0.4 is 0 Å². The van der Waals surface area contributed by atoms with Gasteiger partial charge in [-0.2, -0.15) is 5.26 Å². The van der Waals surface area contributed by atoms with Crippen LogP contribution in [0.2, 0.25) is 0 Å². The Hall–Kier alpha value is -1.61. The van der Waals surface area contributed by atoms with E-state index in [9.17, 15) is 14.5 Å². The summed E-state index contributed by atoms with van der Waals surface area (Å²) in [6, 6.07) is 3.33. The van der Waals surface area contributed by atoms with E-state index in [0.29, 0.717) is 0 Å². The number of benzene rings is 1. The second kappa shape index (κ2) is 3.41. The molecule has 0 saturated heterocycles. The van der Waals surface area contributed by atoms with Gasteiger partial charge in [0.2, 0.25) is 0 Å². The Morgan fingerprint density at radius 1 is 1.62 bits per heavy atom. The highest BCUT2D eigenvalue weighted by molar-refractivity contribution is 7.80. The third-order valence-electron chi connectivity index (χ3n) is 1.37. The van der Waals surface area contributed by atoms with Gasteiger partial charge in [-0.05, 0) is 0 Å². The molecule has 4 nitrogen and oxygen atoms in total. The van der Waals surface area contributed by atoms with Crippen molar-refractivity contribution in [3.63, 3.8) is 0 Å². The number of nitrogens with zero attached hydrogens (tertiary/aromatic N) is 2. The van der Waals surface area contributed by atoms with Crippen LogP contribution in [-0.2, 0) is 0 Å². The molecule has 13 heavy (non-hydrogen) atoms. The van der Waals surface area contributed by atoms with Crippen molar-refractivity contribution in [2.75, 3.05) is 0 Å². The number of rotatable bonds is 1. The van der Waals surface area contributed by atoms with Crippen LogP contribution in [0, 0.1) is 27.3 Å². The first kappa shape index (κ1) is 9.48. The summed E-state index contributed by atoms with van der Waals surface area (Å²) in [6.45, 7) is 0. The van der Waals surface area contributed by atoms with E-state index in [-0.39, 0.29) is 16.1 Å². The van der Waals surface area contributed by atoms with Gasteiger partial charge < -0.3 is 0 Å². The fourth-order valence-electron chi connectivity index (χ4n) is 0.781. The molecule has 0 saturated carbocycles. The summed E-state index contributed by atoms with van der Waals surface area (Å²) in [4.78, 5) is 9.36. The Morgan fingerprint density at radius 2 is 2.23 bits per heavy atom. The van der Waals surface area contributed by atoms with Crippen LogP contribution in [0.25, 0.3) is 0 Å². The molecule has 0 fully saturated rings. The van der Waals surface area contributed by atoms with Gasteiger partial charge in [0.05, 0.1) is 10.5 Å². The second-order valence-electron chi connectivity index (χ2n) is 2.20. The van der Waals surface area contributed by atoms with E-state index >= 15 is 0 Å². The van der Waals surface area contributed by atoms with Gasteiger partial charge >= 0.3 is 0 Å². The van der Waals surface area contributed by atoms with Gasteiger partial charge in [-0.25, -0.2) is 4.39 Å². The summed E-state index contributed by atoms with van der Waals surface area (Å²) in [7, 11) is 0. The summed E-state index contributed by atoms with van der Waals surface area (Å²) < 4.78 is 12.9. The lowest BCUT2D eigenvalue weighted by molar-refractivity contribution is -0.385. The van der Waals surface area contributed by atoms with E-state index in [2.05, 4.69) is 12.6 Å². The van der Waals surface area contributed by atoms with E-state index in [1.165, 1.54) is 6.07 Å². The molecule has 66 valence electrons. The Kier molecular flexibility index (Phi) is 2.49. The molecule has 0 aliphatic heterocycles. The van der Waals surface area contributed by atoms with Crippen LogP contribution in [0.1, 0.15) is 5.56 Å². The molecule has 1 rings (SSSR count). The second-order valence-corrected chi connectivity index (χ2v) is 2.68. The van der Waals surface area contributed by atoms with E-state index in [1.807, 2.05) is 0 Å². The number of nitro groups is 1. The molecular formula is C7H3FN2O2S. The summed E-state index contributed by atoms with van der Waals surface area (Å²) in [5.74, 6) is -0.837. The van der Waals surface area contributed by atoms with Crippen LogP contribution >= 0.6 is 12.6 Å². The van der Waals surface area contributed by atoms with Crippen LogP contribution in [0.3, 0.4) is 0 Å². The number of non-ortho nitro benzene ring substituents is 1. The lowest BCUT2D eigenvalue weighted by Gasteiger charge is -1.97. The summed E-state index contributed by atoms with van der Waals surface area (Å²) in [6.07, 6.45) is 0. The fraction of sp³-hybridized carbons (Fsp3) is 0. The Morgan fingerprint density at radius 3 is 2.69 bits per heavy atom. The maximum Gasteiger partial charge on any atom is 0.272 e. The normalized spacial score (nSPS) is 9.31. The molecule has 1 aromatic carbocycles. The van der Waals surface area contributed by atoms with Gasteiger partial charge in [-0.15, -0.1) is 12.6 Å². The molecule has 0 bridgehead atoms. The molecule has 0 aliphatic rings. The van der Waals surface area contributed by atoms with Crippen LogP contribution in [-0.4, -0.2) is 4.92 Å². The molecule has 0 heterocycles. The predicted octanol–water partition coefficient (Wildman–Crippen LogP) is 1.89. The van der Waals surface area contributed by atoms with Crippen LogP contribution in [0.5, 0.6) is 0 Å². The minimum atomic E-state index is -0.837. The van der Waals surface area contributed by atoms with Crippen molar-refractivity contribution in [1.29, 1.82) is 5.26 Å². The van der Waals surface area contributed by atoms with E-state index < -0.39 is 10.7 Å². The molecule has 0 spiro atoms. The van der Waals surface area contributed by atoms with Gasteiger partial charge in [0.15, 0.2) is 5.82 Å². The average molecular weight is 198 g/mol. The zero-order valence-electron chi connectivity index (χ0n) is 6.19. The smallest absolute Gasteiger partial charge is 0.258 e. The number of hydrogen-bond donors (Lipinski definition) is 1. The largest absolute Gasteiger partial charge is 0.272 e. The van der Waals surface area contributed by atoms with E-state index in [1.54, 1.807) is 0 Å². The fourth-order valence-corrected chi connectivity index (χ4v) is 1.03. The standard InChI is InChI=1S/C7H3FN2O2S/c8-7-4(3-9)1-5(10(11)12)2-6(7)13/h1-2,13H. The Balaban J connectivity index is 3.41. The summed E-state index contributed by atoms with van der Waals surface area (Å²) in [5, 5.41) is 18.7. The molecule has 0 radical (unpaired) electrons. The van der Waals surface area contributed by atoms with E-state index in [0.717, 1.165) is 12.1 Å². The van der Waals surface area contributed by atoms with Gasteiger partial charge in [0, 0.05) is 17.0 Å². The van der Waals surface area contributed by atoms with Crippen molar-refractivity contribution in [3.8, 4) is 6.07 Å². The Bertz CT molecular complexity index is 414. The first-order chi connectivity index (χ1) is 6.06. The molecule has 1 aromatic rings. The number of nitriles is 1. The highest BCUT2D eigenvalue weighted by Gasteiger charge is 2.14. The number of hydrogen-bond acceptors (Lipinski definition) is 4. The molecule has 0 N–H and O–H groups in total. The van der Waals surface area contributed by atoms with Gasteiger partial charge in [-0.1, -0.05) is 0 Å². The van der Waals surface area contributed by atoms with Crippen LogP contribution in [0.4, 0.5) is 10.1 Å². The van der Waals surface area contributed by atoms with Crippen molar-refractivity contribution in [2.24, 2.45) is 0 Å². The van der Waals surface area contributed by atoms with Crippen molar-refractivity contribution < 1.29 is 9.31 Å². The summed E-state index contributed by atoms with van der Waals surface area (Å²) in [5.41, 5.74) is -0.720. The van der Waals surface area contributed by atoms with Crippen molar-refractivity contribution in [1.82, 2.24) is 0 Å². The SMILES string of the molecule is N#Cc1cc([N+](=O)[O-])cc(S)c1F. The maximum atomic E-state index is 12.9. The molecule has 6 heteroatoms. The predicted molar refractivity (Wildman–Crippen MR) is 45.0 cm³/mol. The number of halogens is 1. The zero-order valence-corrected chi connectivity index (χ0v) is 7.09. The van der Waals surface area contributed by atoms with Crippen molar-refractivity contribution in [3.05, 3.63) is 33.6 Å². The Labute approximate surface area is 78.2 Å². The third-order valence-corrected chi connectivity index (χ3v) is 1.69.